The molecule has 3 N–H and O–H groups in total. The number of alkyl halides is 1. The number of carbonyl (C=O) groups is 2. The van der Waals surface area contributed by atoms with E-state index in [9.17, 15) is 14.0 Å². The fraction of sp³-hybridized carbons (Fsp3) is 0.294. The second-order valence-electron chi connectivity index (χ2n) is 10.3. The number of nitrogens with zero attached hydrogens (tertiary/aromatic N) is 1. The number of benzene rings is 2. The van der Waals surface area contributed by atoms with Crippen molar-refractivity contribution in [2.75, 3.05) is 0 Å². The SMILES string of the molecule is C=C(/C=C\C=C=CC(C)=O)Cc1ccc(CN=C/C(=C\N)C(=O)NC2CC(c3cccc(C)c3)C2)cc1C(C)F. The fourth-order valence-corrected chi connectivity index (χ4v) is 4.61. The molecule has 208 valence electrons. The van der Waals surface area contributed by atoms with Gasteiger partial charge in [-0.1, -0.05) is 72.3 Å². The number of amides is 1. The first-order valence-corrected chi connectivity index (χ1v) is 13.5. The summed E-state index contributed by atoms with van der Waals surface area (Å²) in [6.45, 7) is 9.38. The third-order valence-corrected chi connectivity index (χ3v) is 6.80. The van der Waals surface area contributed by atoms with Gasteiger partial charge in [0.2, 0.25) is 0 Å². The van der Waals surface area contributed by atoms with Crippen LogP contribution in [0.4, 0.5) is 4.39 Å². The molecule has 1 aliphatic carbocycles. The predicted molar refractivity (Wildman–Crippen MR) is 161 cm³/mol. The average molecular weight is 540 g/mol. The number of nitrogens with two attached hydrogens (primary N) is 1. The Morgan fingerprint density at radius 3 is 2.70 bits per heavy atom. The van der Waals surface area contributed by atoms with Crippen LogP contribution in [0.1, 0.15) is 66.6 Å². The van der Waals surface area contributed by atoms with Crippen molar-refractivity contribution in [3.8, 4) is 0 Å². The summed E-state index contributed by atoms with van der Waals surface area (Å²) < 4.78 is 14.5. The van der Waals surface area contributed by atoms with Crippen molar-refractivity contribution >= 4 is 17.9 Å². The lowest BCUT2D eigenvalue weighted by Crippen LogP contribution is -2.44. The van der Waals surface area contributed by atoms with E-state index in [1.165, 1.54) is 43.5 Å². The van der Waals surface area contributed by atoms with Crippen LogP contribution in [0, 0.1) is 6.92 Å². The van der Waals surface area contributed by atoms with Gasteiger partial charge in [0, 0.05) is 24.5 Å². The second kappa shape index (κ2) is 14.8. The van der Waals surface area contributed by atoms with Gasteiger partial charge in [0.25, 0.3) is 5.91 Å². The van der Waals surface area contributed by atoms with E-state index < -0.39 is 6.17 Å². The van der Waals surface area contributed by atoms with E-state index >= 15 is 0 Å². The Morgan fingerprint density at radius 2 is 2.02 bits per heavy atom. The Bertz CT molecular complexity index is 1390. The number of carbonyl (C=O) groups excluding carboxylic acids is 2. The number of allylic oxidation sites excluding steroid dienone is 4. The van der Waals surface area contributed by atoms with Gasteiger partial charge in [-0.25, -0.2) is 4.39 Å². The molecule has 0 heterocycles. The molecular formula is C34H38FN3O2. The molecular weight excluding hydrogens is 501 g/mol. The smallest absolute Gasteiger partial charge is 0.254 e. The van der Waals surface area contributed by atoms with Gasteiger partial charge in [0.05, 0.1) is 12.1 Å². The summed E-state index contributed by atoms with van der Waals surface area (Å²) in [4.78, 5) is 28.0. The van der Waals surface area contributed by atoms with Crippen molar-refractivity contribution in [1.82, 2.24) is 5.32 Å². The maximum Gasteiger partial charge on any atom is 0.254 e. The normalized spacial score (nSPS) is 17.6. The van der Waals surface area contributed by atoms with Crippen molar-refractivity contribution < 1.29 is 14.0 Å². The number of hydrogen-bond acceptors (Lipinski definition) is 4. The number of ketones is 1. The van der Waals surface area contributed by atoms with Gasteiger partial charge in [-0.05, 0) is 74.3 Å². The third-order valence-electron chi connectivity index (χ3n) is 6.80. The summed E-state index contributed by atoms with van der Waals surface area (Å²) in [5, 5.41) is 3.04. The Morgan fingerprint density at radius 1 is 1.25 bits per heavy atom. The minimum Gasteiger partial charge on any atom is -0.404 e. The Labute approximate surface area is 236 Å². The Balaban J connectivity index is 1.54. The molecule has 0 radical (unpaired) electrons. The lowest BCUT2D eigenvalue weighted by molar-refractivity contribution is -0.118. The van der Waals surface area contributed by atoms with Crippen LogP contribution < -0.4 is 11.1 Å². The number of aliphatic imine (C=N–C) groups is 1. The number of aryl methyl sites for hydroxylation is 1. The molecule has 1 atom stereocenters. The summed E-state index contributed by atoms with van der Waals surface area (Å²) in [6.07, 6.45) is 10.4. The van der Waals surface area contributed by atoms with Crippen LogP contribution in [-0.4, -0.2) is 23.9 Å². The standard InChI is InChI=1S/C34H38FN3O2/c1-23(9-6-5-7-11-25(3)39)16-29-14-13-27(17-33(29)26(4)35)21-37-22-31(20-36)34(40)38-32-18-30(19-32)28-12-8-10-24(2)15-28/h5-6,8-15,17,20,22,26,30,32H,1,16,18-19,21,36H2,2-4H3,(H,38,40)/b9-6-,31-20+,37-22?. The van der Waals surface area contributed by atoms with E-state index in [0.717, 1.165) is 29.5 Å². The molecule has 0 saturated heterocycles. The first kappa shape index (κ1) is 30.3. The van der Waals surface area contributed by atoms with Gasteiger partial charge in [-0.3, -0.25) is 14.6 Å². The number of nitrogens with one attached hydrogen (secondary N) is 1. The second-order valence-corrected chi connectivity index (χ2v) is 10.3. The molecule has 2 aromatic rings. The molecule has 1 fully saturated rings. The fourth-order valence-electron chi connectivity index (χ4n) is 4.61. The molecule has 1 unspecified atom stereocenters. The van der Waals surface area contributed by atoms with Gasteiger partial charge in [-0.2, -0.15) is 0 Å². The molecule has 1 aliphatic rings. The van der Waals surface area contributed by atoms with Crippen molar-refractivity contribution in [3.05, 3.63) is 124 Å². The summed E-state index contributed by atoms with van der Waals surface area (Å²) in [5.74, 6) is 0.138. The van der Waals surface area contributed by atoms with Crippen molar-refractivity contribution in [1.29, 1.82) is 0 Å². The molecule has 6 heteroatoms. The summed E-state index contributed by atoms with van der Waals surface area (Å²) in [7, 11) is 0. The molecule has 0 bridgehead atoms. The van der Waals surface area contributed by atoms with E-state index in [2.05, 4.69) is 53.8 Å². The maximum atomic E-state index is 14.5. The largest absolute Gasteiger partial charge is 0.404 e. The first-order chi connectivity index (χ1) is 19.2. The number of hydrogen-bond donors (Lipinski definition) is 2. The van der Waals surface area contributed by atoms with Crippen LogP contribution in [0.3, 0.4) is 0 Å². The van der Waals surface area contributed by atoms with E-state index in [1.54, 1.807) is 18.2 Å². The lowest BCUT2D eigenvalue weighted by Gasteiger charge is -2.36. The zero-order valence-electron chi connectivity index (χ0n) is 23.5. The zero-order valence-corrected chi connectivity index (χ0v) is 23.5. The highest BCUT2D eigenvalue weighted by Crippen LogP contribution is 2.37. The van der Waals surface area contributed by atoms with Gasteiger partial charge < -0.3 is 11.1 Å². The van der Waals surface area contributed by atoms with Crippen LogP contribution in [0.2, 0.25) is 0 Å². The third kappa shape index (κ3) is 9.18. The Kier molecular flexibility index (Phi) is 11.2. The molecule has 0 aliphatic heterocycles. The lowest BCUT2D eigenvalue weighted by atomic mass is 9.75. The maximum absolute atomic E-state index is 14.5. The summed E-state index contributed by atoms with van der Waals surface area (Å²) >= 11 is 0. The first-order valence-electron chi connectivity index (χ1n) is 13.5. The number of halogens is 1. The molecule has 1 saturated carbocycles. The quantitative estimate of drug-likeness (QED) is 0.141. The van der Waals surface area contributed by atoms with Crippen LogP contribution in [0.5, 0.6) is 0 Å². The van der Waals surface area contributed by atoms with Crippen LogP contribution in [0.25, 0.3) is 0 Å². The molecule has 1 amide bonds. The molecule has 40 heavy (non-hydrogen) atoms. The minimum absolute atomic E-state index is 0.0750. The monoisotopic (exact) mass is 539 g/mol. The van der Waals surface area contributed by atoms with E-state index in [-0.39, 0.29) is 24.3 Å². The van der Waals surface area contributed by atoms with Gasteiger partial charge in [0.1, 0.15) is 6.17 Å². The van der Waals surface area contributed by atoms with Gasteiger partial charge >= 0.3 is 0 Å². The summed E-state index contributed by atoms with van der Waals surface area (Å²) in [6, 6.07) is 14.2. The van der Waals surface area contributed by atoms with Gasteiger partial charge in [-0.15, -0.1) is 5.73 Å². The van der Waals surface area contributed by atoms with E-state index in [4.69, 9.17) is 5.73 Å². The predicted octanol–water partition coefficient (Wildman–Crippen LogP) is 6.46. The van der Waals surface area contributed by atoms with Crippen molar-refractivity contribution in [3.63, 3.8) is 0 Å². The highest BCUT2D eigenvalue weighted by molar-refractivity contribution is 6.12. The molecule has 0 aromatic heterocycles. The highest BCUT2D eigenvalue weighted by atomic mass is 19.1. The molecule has 5 nitrogen and oxygen atoms in total. The molecule has 3 rings (SSSR count). The van der Waals surface area contributed by atoms with Crippen LogP contribution in [-0.2, 0) is 22.6 Å². The summed E-state index contributed by atoms with van der Waals surface area (Å²) in [5.41, 5.74) is 14.4. The molecule has 0 spiro atoms. The van der Waals surface area contributed by atoms with Crippen molar-refractivity contribution in [2.24, 2.45) is 10.7 Å². The van der Waals surface area contributed by atoms with Crippen molar-refractivity contribution in [2.45, 2.75) is 64.7 Å². The van der Waals surface area contributed by atoms with E-state index in [1.807, 2.05) is 18.2 Å². The van der Waals surface area contributed by atoms with E-state index in [0.29, 0.717) is 23.5 Å². The van der Waals surface area contributed by atoms with Crippen LogP contribution >= 0.6 is 0 Å². The topological polar surface area (TPSA) is 84.6 Å². The van der Waals surface area contributed by atoms with Gasteiger partial charge in [0.15, 0.2) is 5.78 Å². The molecule has 2 aromatic carbocycles. The minimum atomic E-state index is -1.16. The average Bonchev–Trinajstić information content (AvgIpc) is 2.88. The Hall–Kier alpha value is -4.28. The number of rotatable bonds is 12. The highest BCUT2D eigenvalue weighted by Gasteiger charge is 2.31. The zero-order chi connectivity index (χ0) is 29.1. The van der Waals surface area contributed by atoms with Crippen LogP contribution in [0.15, 0.2) is 101 Å².